The summed E-state index contributed by atoms with van der Waals surface area (Å²) in [6.07, 6.45) is 1.77. The van der Waals surface area contributed by atoms with Gasteiger partial charge in [-0.05, 0) is 53.9 Å². The number of nitrogens with zero attached hydrogens (tertiary/aromatic N) is 2. The highest BCUT2D eigenvalue weighted by atomic mass is 32.2. The van der Waals surface area contributed by atoms with Gasteiger partial charge in [-0.3, -0.25) is 13.9 Å². The highest BCUT2D eigenvalue weighted by molar-refractivity contribution is 7.92. The number of benzene rings is 4. The Kier molecular flexibility index (Phi) is 12.3. The summed E-state index contributed by atoms with van der Waals surface area (Å²) in [6, 6.07) is 26.3. The van der Waals surface area contributed by atoms with E-state index in [1.807, 2.05) is 37.3 Å². The first-order chi connectivity index (χ1) is 22.7. The number of carbonyl (C=O) groups excluding carboxylic acids is 2. The van der Waals surface area contributed by atoms with E-state index in [2.05, 4.69) is 5.32 Å². The van der Waals surface area contributed by atoms with Crippen LogP contribution in [0.15, 0.2) is 108 Å². The van der Waals surface area contributed by atoms with Crippen molar-refractivity contribution < 1.29 is 31.9 Å². The minimum atomic E-state index is -4.34. The number of unbranched alkanes of at least 4 members (excludes halogenated alkanes) is 1. The molecule has 0 radical (unpaired) electrons. The van der Waals surface area contributed by atoms with Crippen molar-refractivity contribution in [3.05, 3.63) is 120 Å². The molecule has 0 aliphatic heterocycles. The number of amides is 2. The van der Waals surface area contributed by atoms with Crippen LogP contribution in [0.25, 0.3) is 0 Å². The molecule has 0 heterocycles. The molecular formula is C36H40FN3O6S. The van der Waals surface area contributed by atoms with Crippen molar-refractivity contribution in [2.24, 2.45) is 0 Å². The Balaban J connectivity index is 1.84. The molecule has 0 aromatic heterocycles. The Morgan fingerprint density at radius 3 is 2.13 bits per heavy atom. The number of rotatable bonds is 16. The molecule has 0 saturated carbocycles. The first-order valence-corrected chi connectivity index (χ1v) is 16.8. The Morgan fingerprint density at radius 2 is 1.51 bits per heavy atom. The molecule has 2 amide bonds. The van der Waals surface area contributed by atoms with E-state index in [1.165, 1.54) is 61.6 Å². The summed E-state index contributed by atoms with van der Waals surface area (Å²) >= 11 is 0. The van der Waals surface area contributed by atoms with Crippen LogP contribution in [-0.4, -0.2) is 58.5 Å². The summed E-state index contributed by atoms with van der Waals surface area (Å²) < 4.78 is 54.3. The molecule has 0 aliphatic carbocycles. The second-order valence-corrected chi connectivity index (χ2v) is 12.7. The van der Waals surface area contributed by atoms with E-state index < -0.39 is 34.3 Å². The van der Waals surface area contributed by atoms with E-state index in [0.717, 1.165) is 22.7 Å². The third-order valence-corrected chi connectivity index (χ3v) is 9.41. The van der Waals surface area contributed by atoms with Crippen LogP contribution < -0.4 is 19.1 Å². The first kappa shape index (κ1) is 35.0. The van der Waals surface area contributed by atoms with Crippen LogP contribution in [-0.2, 0) is 32.6 Å². The molecule has 9 nitrogen and oxygen atoms in total. The number of methoxy groups -OCH3 is 2. The van der Waals surface area contributed by atoms with Crippen LogP contribution in [0.3, 0.4) is 0 Å². The van der Waals surface area contributed by atoms with Crippen molar-refractivity contribution in [3.63, 3.8) is 0 Å². The van der Waals surface area contributed by atoms with Crippen molar-refractivity contribution in [2.75, 3.05) is 31.6 Å². The molecule has 0 bridgehead atoms. The molecule has 0 fully saturated rings. The van der Waals surface area contributed by atoms with Crippen LogP contribution >= 0.6 is 0 Å². The smallest absolute Gasteiger partial charge is 0.264 e. The lowest BCUT2D eigenvalue weighted by Gasteiger charge is -2.34. The number of carbonyl (C=O) groups is 2. The van der Waals surface area contributed by atoms with Gasteiger partial charge in [-0.1, -0.05) is 74.0 Å². The second-order valence-electron chi connectivity index (χ2n) is 10.9. The van der Waals surface area contributed by atoms with Gasteiger partial charge in [0.25, 0.3) is 10.0 Å². The zero-order valence-electron chi connectivity index (χ0n) is 26.8. The zero-order valence-corrected chi connectivity index (χ0v) is 27.6. The maximum atomic E-state index is 14.6. The molecular weight excluding hydrogens is 621 g/mol. The van der Waals surface area contributed by atoms with E-state index in [1.54, 1.807) is 30.3 Å². The molecule has 1 atom stereocenters. The fourth-order valence-corrected chi connectivity index (χ4v) is 6.51. The highest BCUT2D eigenvalue weighted by Crippen LogP contribution is 2.36. The molecule has 1 unspecified atom stereocenters. The van der Waals surface area contributed by atoms with Gasteiger partial charge in [-0.25, -0.2) is 12.8 Å². The van der Waals surface area contributed by atoms with Crippen LogP contribution in [0, 0.1) is 5.82 Å². The standard InChI is InChI=1S/C36H40FN3O6S/c1-4-5-22-38-36(42)33(23-27-12-8-6-9-13-27)39(25-28-16-18-29(37)19-17-28)35(41)26-40(47(43,44)31-14-10-7-11-15-31)32-24-30(45-2)20-21-34(32)46-3/h6-21,24,33H,4-5,22-23,25-26H2,1-3H3,(H,38,42). The predicted octanol–water partition coefficient (Wildman–Crippen LogP) is 5.59. The second kappa shape index (κ2) is 16.6. The maximum absolute atomic E-state index is 14.6. The molecule has 4 aromatic rings. The summed E-state index contributed by atoms with van der Waals surface area (Å²) in [6.45, 7) is 1.67. The fourth-order valence-electron chi connectivity index (χ4n) is 5.07. The van der Waals surface area contributed by atoms with Gasteiger partial charge < -0.3 is 19.7 Å². The van der Waals surface area contributed by atoms with E-state index in [4.69, 9.17) is 9.47 Å². The van der Waals surface area contributed by atoms with Crippen molar-refractivity contribution in [3.8, 4) is 11.5 Å². The minimum absolute atomic E-state index is 0.0408. The monoisotopic (exact) mass is 661 g/mol. The SMILES string of the molecule is CCCCNC(=O)C(Cc1ccccc1)N(Cc1ccc(F)cc1)C(=O)CN(c1cc(OC)ccc1OC)S(=O)(=O)c1ccccc1. The quantitative estimate of drug-likeness (QED) is 0.157. The van der Waals surface area contributed by atoms with Gasteiger partial charge in [0.1, 0.15) is 29.9 Å². The number of hydrogen-bond acceptors (Lipinski definition) is 6. The van der Waals surface area contributed by atoms with E-state index in [9.17, 15) is 22.4 Å². The molecule has 0 saturated heterocycles. The van der Waals surface area contributed by atoms with Crippen molar-refractivity contribution in [1.82, 2.24) is 10.2 Å². The number of ether oxygens (including phenoxy) is 2. The van der Waals surface area contributed by atoms with Gasteiger partial charge >= 0.3 is 0 Å². The van der Waals surface area contributed by atoms with Crippen LogP contribution in [0.2, 0.25) is 0 Å². The molecule has 1 N–H and O–H groups in total. The Hall–Kier alpha value is -4.90. The van der Waals surface area contributed by atoms with Gasteiger partial charge in [0, 0.05) is 25.6 Å². The number of halogens is 1. The van der Waals surface area contributed by atoms with Gasteiger partial charge in [0.05, 0.1) is 24.8 Å². The average molecular weight is 662 g/mol. The number of sulfonamides is 1. The lowest BCUT2D eigenvalue weighted by Crippen LogP contribution is -2.53. The molecule has 47 heavy (non-hydrogen) atoms. The van der Waals surface area contributed by atoms with Gasteiger partial charge in [0.15, 0.2) is 0 Å². The van der Waals surface area contributed by atoms with E-state index >= 15 is 0 Å². The van der Waals surface area contributed by atoms with Crippen LogP contribution in [0.1, 0.15) is 30.9 Å². The average Bonchev–Trinajstić information content (AvgIpc) is 3.10. The maximum Gasteiger partial charge on any atom is 0.264 e. The summed E-state index contributed by atoms with van der Waals surface area (Å²) in [5.74, 6) is -0.933. The number of hydrogen-bond donors (Lipinski definition) is 1. The van der Waals surface area contributed by atoms with Crippen LogP contribution in [0.4, 0.5) is 10.1 Å². The number of nitrogens with one attached hydrogen (secondary N) is 1. The molecule has 11 heteroatoms. The summed E-state index contributed by atoms with van der Waals surface area (Å²) in [7, 11) is -1.49. The highest BCUT2D eigenvalue weighted by Gasteiger charge is 2.35. The van der Waals surface area contributed by atoms with Gasteiger partial charge in [-0.2, -0.15) is 0 Å². The van der Waals surface area contributed by atoms with Gasteiger partial charge in [0.2, 0.25) is 11.8 Å². The fraction of sp³-hybridized carbons (Fsp3) is 0.278. The van der Waals surface area contributed by atoms with Crippen molar-refractivity contribution in [2.45, 2.75) is 43.7 Å². The Labute approximate surface area is 276 Å². The van der Waals surface area contributed by atoms with Crippen LogP contribution in [0.5, 0.6) is 11.5 Å². The topological polar surface area (TPSA) is 105 Å². The molecule has 0 spiro atoms. The molecule has 4 aromatic carbocycles. The van der Waals surface area contributed by atoms with E-state index in [0.29, 0.717) is 17.9 Å². The summed E-state index contributed by atoms with van der Waals surface area (Å²) in [4.78, 5) is 29.7. The number of anilines is 1. The summed E-state index contributed by atoms with van der Waals surface area (Å²) in [5.41, 5.74) is 1.46. The summed E-state index contributed by atoms with van der Waals surface area (Å²) in [5, 5.41) is 2.95. The van der Waals surface area contributed by atoms with Crippen molar-refractivity contribution >= 4 is 27.5 Å². The molecule has 0 aliphatic rings. The Bertz CT molecular complexity index is 1720. The normalized spacial score (nSPS) is 11.7. The predicted molar refractivity (Wildman–Crippen MR) is 179 cm³/mol. The van der Waals surface area contributed by atoms with Gasteiger partial charge in [-0.15, -0.1) is 0 Å². The third-order valence-electron chi connectivity index (χ3n) is 7.63. The minimum Gasteiger partial charge on any atom is -0.497 e. The lowest BCUT2D eigenvalue weighted by molar-refractivity contribution is -0.140. The van der Waals surface area contributed by atoms with E-state index in [-0.39, 0.29) is 35.2 Å². The largest absolute Gasteiger partial charge is 0.497 e. The van der Waals surface area contributed by atoms with Crippen molar-refractivity contribution in [1.29, 1.82) is 0 Å². The zero-order chi connectivity index (χ0) is 33.8. The molecule has 4 rings (SSSR count). The molecule has 248 valence electrons. The first-order valence-electron chi connectivity index (χ1n) is 15.3. The Morgan fingerprint density at radius 1 is 0.851 bits per heavy atom. The lowest BCUT2D eigenvalue weighted by atomic mass is 10.0. The third kappa shape index (κ3) is 9.10.